The van der Waals surface area contributed by atoms with Crippen molar-refractivity contribution in [3.8, 4) is 0 Å². The molecule has 0 fully saturated rings. The van der Waals surface area contributed by atoms with Crippen LogP contribution in [0.3, 0.4) is 0 Å². The lowest BCUT2D eigenvalue weighted by molar-refractivity contribution is -0.167. The first-order valence-corrected chi connectivity index (χ1v) is 30.2. The Morgan fingerprint density at radius 3 is 0.792 bits per heavy atom. The van der Waals surface area contributed by atoms with E-state index in [1.54, 1.807) is 0 Å². The van der Waals surface area contributed by atoms with Crippen molar-refractivity contribution in [2.75, 3.05) is 39.6 Å². The Morgan fingerprint density at radius 2 is 0.556 bits per heavy atom. The molecule has 72 heavy (non-hydrogen) atoms. The zero-order chi connectivity index (χ0) is 53.1. The van der Waals surface area contributed by atoms with Crippen LogP contribution < -0.4 is 0 Å². The monoisotopic (exact) mass is 1020 g/mol. The van der Waals surface area contributed by atoms with E-state index < -0.39 is 37.9 Å². The van der Waals surface area contributed by atoms with Gasteiger partial charge in [-0.1, -0.05) is 211 Å². The number of aliphatic hydroxyl groups excluding tert-OH is 4. The van der Waals surface area contributed by atoms with Crippen LogP contribution in [0, 0.1) is 5.41 Å². The van der Waals surface area contributed by atoms with Crippen molar-refractivity contribution in [2.45, 2.75) is 297 Å². The van der Waals surface area contributed by atoms with Crippen molar-refractivity contribution in [1.82, 2.24) is 0 Å². The molecule has 0 saturated heterocycles. The fraction of sp³-hybridized carbons (Fsp3) is 0.855. The van der Waals surface area contributed by atoms with E-state index in [0.29, 0.717) is 19.3 Å². The Kier molecular flexibility index (Phi) is 59.0. The van der Waals surface area contributed by atoms with E-state index in [9.17, 15) is 14.4 Å². The number of hydrogen-bond donors (Lipinski definition) is 4. The van der Waals surface area contributed by atoms with Gasteiger partial charge in [-0.05, 0) is 96.3 Å². The molecule has 10 nitrogen and oxygen atoms in total. The van der Waals surface area contributed by atoms with E-state index in [2.05, 4.69) is 57.2 Å². The predicted molar refractivity (Wildman–Crippen MR) is 301 cm³/mol. The third-order valence-corrected chi connectivity index (χ3v) is 13.4. The molecule has 0 aromatic carbocycles. The summed E-state index contributed by atoms with van der Waals surface area (Å²) >= 11 is 0. The van der Waals surface area contributed by atoms with Crippen LogP contribution in [0.5, 0.6) is 0 Å². The number of carbonyl (C=O) groups excluding carboxylic acids is 3. The van der Waals surface area contributed by atoms with Gasteiger partial charge in [0, 0.05) is 19.3 Å². The van der Waals surface area contributed by atoms with Gasteiger partial charge >= 0.3 is 17.9 Å². The summed E-state index contributed by atoms with van der Waals surface area (Å²) in [6.07, 6.45) is 61.2. The van der Waals surface area contributed by atoms with Crippen LogP contribution in [0.25, 0.3) is 0 Å². The fourth-order valence-electron chi connectivity index (χ4n) is 8.20. The summed E-state index contributed by atoms with van der Waals surface area (Å²) in [5, 5.41) is 34.0. The molecule has 0 aromatic heterocycles. The smallest absolute Gasteiger partial charge is 0.306 e. The van der Waals surface area contributed by atoms with Gasteiger partial charge in [-0.25, -0.2) is 0 Å². The number of rotatable bonds is 54. The van der Waals surface area contributed by atoms with Gasteiger partial charge in [0.1, 0.15) is 13.2 Å². The molecular weight excluding hydrogens is 905 g/mol. The minimum absolute atomic E-state index is 0.0806. The molecule has 0 amide bonds. The molecule has 0 radical (unpaired) electrons. The standard InChI is InChI=1S/C57H104O6.C5H12O4/c1-4-7-10-13-16-19-22-25-28-31-34-37-40-43-46-49-55(58)61-52-54(63-57(60)51-48-45-42-39-36-33-30-27-24-21-18-15-12-9-6-3)53-62-56(59)50-47-44-41-38-35-32-29-26-23-20-17-14-11-8-5-2;6-1-5(2-7,3-8)4-9/h25-30,54H,4-24,31-53H2,1-3H3;6-9H,1-4H2. The second-order valence-corrected chi connectivity index (χ2v) is 20.6. The van der Waals surface area contributed by atoms with E-state index in [-0.39, 0.29) is 31.1 Å². The molecule has 0 unspecified atom stereocenters. The maximum Gasteiger partial charge on any atom is 0.306 e. The summed E-state index contributed by atoms with van der Waals surface area (Å²) in [5.41, 5.74) is -1.11. The molecule has 10 heteroatoms. The normalized spacial score (nSPS) is 12.2. The van der Waals surface area contributed by atoms with Gasteiger partial charge in [0.25, 0.3) is 0 Å². The molecule has 0 atom stereocenters. The predicted octanol–water partition coefficient (Wildman–Crippen LogP) is 16.0. The second kappa shape index (κ2) is 59.3. The van der Waals surface area contributed by atoms with Gasteiger partial charge in [0.15, 0.2) is 6.10 Å². The molecule has 0 aliphatic rings. The quantitative estimate of drug-likeness (QED) is 0.0200. The summed E-state index contributed by atoms with van der Waals surface area (Å²) < 4.78 is 16.8. The Bertz CT molecular complexity index is 1150. The SMILES string of the molecule is CCCCCCCCC=CCCCCCCCC(=O)OCC(COC(=O)CCCCCCCC=CCCCCCCCC)OC(=O)CCCCCCCC=CCCCCCCCC.OCC(CO)(CO)CO. The highest BCUT2D eigenvalue weighted by Gasteiger charge is 2.26. The minimum Gasteiger partial charge on any atom is -0.462 e. The summed E-state index contributed by atoms with van der Waals surface area (Å²) in [6.45, 7) is 5.00. The van der Waals surface area contributed by atoms with Crippen molar-refractivity contribution >= 4 is 17.9 Å². The maximum absolute atomic E-state index is 12.8. The third kappa shape index (κ3) is 53.8. The Balaban J connectivity index is 0. The molecule has 0 rings (SSSR count). The Morgan fingerprint density at radius 1 is 0.333 bits per heavy atom. The molecule has 0 saturated carbocycles. The number of hydrogen-bond acceptors (Lipinski definition) is 10. The van der Waals surface area contributed by atoms with Gasteiger partial charge in [0.2, 0.25) is 0 Å². The highest BCUT2D eigenvalue weighted by Crippen LogP contribution is 2.16. The van der Waals surface area contributed by atoms with Crippen molar-refractivity contribution in [3.05, 3.63) is 36.5 Å². The highest BCUT2D eigenvalue weighted by molar-refractivity contribution is 5.71. The van der Waals surface area contributed by atoms with E-state index in [0.717, 1.165) is 77.0 Å². The lowest BCUT2D eigenvalue weighted by Crippen LogP contribution is -2.37. The molecule has 0 bridgehead atoms. The third-order valence-electron chi connectivity index (χ3n) is 13.4. The average Bonchev–Trinajstić information content (AvgIpc) is 3.39. The second-order valence-electron chi connectivity index (χ2n) is 20.6. The zero-order valence-corrected chi connectivity index (χ0v) is 47.2. The first-order valence-electron chi connectivity index (χ1n) is 30.2. The van der Waals surface area contributed by atoms with E-state index in [1.807, 2.05) is 0 Å². The molecule has 0 heterocycles. The molecule has 4 N–H and O–H groups in total. The lowest BCUT2D eigenvalue weighted by Gasteiger charge is -2.23. The van der Waals surface area contributed by atoms with Crippen LogP contribution in [0.15, 0.2) is 36.5 Å². The van der Waals surface area contributed by atoms with Gasteiger partial charge in [0.05, 0.1) is 31.8 Å². The average molecular weight is 1020 g/mol. The van der Waals surface area contributed by atoms with Crippen molar-refractivity contribution in [3.63, 3.8) is 0 Å². The Labute approximate surface area is 443 Å². The number of esters is 3. The highest BCUT2D eigenvalue weighted by atomic mass is 16.6. The van der Waals surface area contributed by atoms with E-state index in [1.165, 1.54) is 173 Å². The summed E-state index contributed by atoms with van der Waals surface area (Å²) in [7, 11) is 0. The molecule has 424 valence electrons. The van der Waals surface area contributed by atoms with E-state index >= 15 is 0 Å². The summed E-state index contributed by atoms with van der Waals surface area (Å²) in [5.74, 6) is -0.893. The molecule has 0 spiro atoms. The summed E-state index contributed by atoms with van der Waals surface area (Å²) in [6, 6.07) is 0. The van der Waals surface area contributed by atoms with Gasteiger partial charge in [-0.3, -0.25) is 14.4 Å². The summed E-state index contributed by atoms with van der Waals surface area (Å²) in [4.78, 5) is 38.0. The van der Waals surface area contributed by atoms with Gasteiger partial charge in [-0.2, -0.15) is 0 Å². The first kappa shape index (κ1) is 71.5. The van der Waals surface area contributed by atoms with Crippen molar-refractivity contribution in [1.29, 1.82) is 0 Å². The van der Waals surface area contributed by atoms with Crippen LogP contribution in [-0.2, 0) is 28.6 Å². The zero-order valence-electron chi connectivity index (χ0n) is 47.2. The number of aliphatic hydroxyl groups is 4. The van der Waals surface area contributed by atoms with Crippen LogP contribution in [0.1, 0.15) is 290 Å². The van der Waals surface area contributed by atoms with Crippen LogP contribution >= 0.6 is 0 Å². The van der Waals surface area contributed by atoms with Gasteiger partial charge in [-0.15, -0.1) is 0 Å². The maximum atomic E-state index is 12.8. The number of unbranched alkanes of at least 4 members (excludes halogenated alkanes) is 33. The van der Waals surface area contributed by atoms with Crippen LogP contribution in [-0.4, -0.2) is 84.1 Å². The topological polar surface area (TPSA) is 160 Å². The fourth-order valence-corrected chi connectivity index (χ4v) is 8.20. The number of ether oxygens (including phenoxy) is 3. The largest absolute Gasteiger partial charge is 0.462 e. The Hall–Kier alpha value is -2.53. The van der Waals surface area contributed by atoms with Crippen molar-refractivity contribution in [2.24, 2.45) is 5.41 Å². The molecule has 0 aromatic rings. The number of carbonyl (C=O) groups is 3. The first-order chi connectivity index (χ1) is 35.3. The van der Waals surface area contributed by atoms with Crippen LogP contribution in [0.4, 0.5) is 0 Å². The molecule has 0 aliphatic carbocycles. The molecule has 0 aliphatic heterocycles. The van der Waals surface area contributed by atoms with Crippen LogP contribution in [0.2, 0.25) is 0 Å². The lowest BCUT2D eigenvalue weighted by atomic mass is 9.93. The molecular formula is C62H116O10. The van der Waals surface area contributed by atoms with E-state index in [4.69, 9.17) is 34.6 Å². The number of allylic oxidation sites excluding steroid dienone is 6. The van der Waals surface area contributed by atoms with Crippen molar-refractivity contribution < 1.29 is 49.0 Å². The van der Waals surface area contributed by atoms with Gasteiger partial charge < -0.3 is 34.6 Å². The minimum atomic E-state index is -1.11.